The molecule has 0 aliphatic carbocycles. The van der Waals surface area contributed by atoms with Crippen LogP contribution in [0.2, 0.25) is 0 Å². The molecule has 1 aliphatic rings. The topological polar surface area (TPSA) is 6.48 Å². The summed E-state index contributed by atoms with van der Waals surface area (Å²) in [6.07, 6.45) is 0. The molecule has 2 nitrogen and oxygen atoms in total. The van der Waals surface area contributed by atoms with Crippen molar-refractivity contribution in [2.45, 2.75) is 24.8 Å². The molecule has 1 heterocycles. The number of benzene rings is 2. The maximum Gasteiger partial charge on any atom is 0.0613 e. The maximum absolute atomic E-state index is 2.67. The van der Waals surface area contributed by atoms with Crippen molar-refractivity contribution in [1.29, 1.82) is 0 Å². The molecule has 128 valence electrons. The number of fused-ring (bicyclic) bond motifs is 1. The van der Waals surface area contributed by atoms with E-state index in [9.17, 15) is 0 Å². The highest BCUT2D eigenvalue weighted by Crippen LogP contribution is 2.38. The molecule has 1 aliphatic heterocycles. The van der Waals surface area contributed by atoms with Crippen LogP contribution in [0.1, 0.15) is 31.0 Å². The molecule has 0 amide bonds. The van der Waals surface area contributed by atoms with Crippen LogP contribution in [-0.4, -0.2) is 48.3 Å². The predicted octanol–water partition coefficient (Wildman–Crippen LogP) is 4.53. The van der Waals surface area contributed by atoms with Gasteiger partial charge in [-0.05, 0) is 30.3 Å². The lowest BCUT2D eigenvalue weighted by atomic mass is 9.97. The van der Waals surface area contributed by atoms with Crippen LogP contribution >= 0.6 is 11.8 Å². The monoisotopic (exact) mass is 340 g/mol. The Morgan fingerprint density at radius 3 is 2.46 bits per heavy atom. The third-order valence-electron chi connectivity index (χ3n) is 4.93. The molecule has 0 saturated carbocycles. The molecule has 0 radical (unpaired) electrons. The molecule has 0 aromatic heterocycles. The van der Waals surface area contributed by atoms with Gasteiger partial charge in [0.2, 0.25) is 0 Å². The molecule has 0 bridgehead atoms. The van der Waals surface area contributed by atoms with Gasteiger partial charge < -0.3 is 4.90 Å². The van der Waals surface area contributed by atoms with Crippen LogP contribution in [0.25, 0.3) is 0 Å². The van der Waals surface area contributed by atoms with Crippen molar-refractivity contribution < 1.29 is 0 Å². The van der Waals surface area contributed by atoms with Gasteiger partial charge in [0, 0.05) is 30.3 Å². The Morgan fingerprint density at radius 2 is 1.71 bits per heavy atom. The van der Waals surface area contributed by atoms with Gasteiger partial charge in [0.15, 0.2) is 0 Å². The zero-order chi connectivity index (χ0) is 16.8. The van der Waals surface area contributed by atoms with Crippen LogP contribution in [-0.2, 0) is 0 Å². The van der Waals surface area contributed by atoms with E-state index < -0.39 is 0 Å². The Morgan fingerprint density at radius 1 is 1.00 bits per heavy atom. The van der Waals surface area contributed by atoms with E-state index in [1.54, 1.807) is 0 Å². The van der Waals surface area contributed by atoms with E-state index in [1.807, 2.05) is 11.8 Å². The average molecular weight is 341 g/mol. The second kappa shape index (κ2) is 8.70. The van der Waals surface area contributed by atoms with Crippen molar-refractivity contribution in [1.82, 2.24) is 9.80 Å². The molecule has 0 saturated heterocycles. The van der Waals surface area contributed by atoms with Crippen molar-refractivity contribution in [2.75, 3.05) is 38.5 Å². The molecule has 2 aromatic rings. The van der Waals surface area contributed by atoms with Gasteiger partial charge in [-0.2, -0.15) is 0 Å². The standard InChI is InChI=1S/C21H28N2S/c1-3-22(4-2)14-15-23-16-17-24-20-13-9-8-12-19(20)21(23)18-10-6-5-7-11-18/h5-13,21H,3-4,14-17H2,1-2H3. The lowest BCUT2D eigenvalue weighted by Gasteiger charge is -2.33. The Balaban J connectivity index is 1.91. The second-order valence-corrected chi connectivity index (χ2v) is 7.40. The molecule has 3 heteroatoms. The van der Waals surface area contributed by atoms with Gasteiger partial charge >= 0.3 is 0 Å². The summed E-state index contributed by atoms with van der Waals surface area (Å²) in [4.78, 5) is 6.63. The lowest BCUT2D eigenvalue weighted by molar-refractivity contribution is 0.193. The highest BCUT2D eigenvalue weighted by molar-refractivity contribution is 7.99. The molecule has 3 rings (SSSR count). The van der Waals surface area contributed by atoms with E-state index in [-0.39, 0.29) is 0 Å². The maximum atomic E-state index is 2.67. The summed E-state index contributed by atoms with van der Waals surface area (Å²) in [5.41, 5.74) is 2.87. The van der Waals surface area contributed by atoms with Gasteiger partial charge in [0.25, 0.3) is 0 Å². The quantitative estimate of drug-likeness (QED) is 0.763. The van der Waals surface area contributed by atoms with Gasteiger partial charge in [-0.15, -0.1) is 11.8 Å². The summed E-state index contributed by atoms with van der Waals surface area (Å²) in [5.74, 6) is 1.17. The van der Waals surface area contributed by atoms with Gasteiger partial charge in [-0.1, -0.05) is 62.4 Å². The van der Waals surface area contributed by atoms with Crippen LogP contribution in [0.3, 0.4) is 0 Å². The van der Waals surface area contributed by atoms with E-state index in [0.717, 1.165) is 32.7 Å². The molecule has 1 atom stereocenters. The van der Waals surface area contributed by atoms with Crippen molar-refractivity contribution in [3.05, 3.63) is 65.7 Å². The van der Waals surface area contributed by atoms with Gasteiger partial charge in [-0.25, -0.2) is 0 Å². The number of nitrogens with zero attached hydrogens (tertiary/aromatic N) is 2. The third-order valence-corrected chi connectivity index (χ3v) is 6.00. The van der Waals surface area contributed by atoms with Crippen LogP contribution < -0.4 is 0 Å². The second-order valence-electron chi connectivity index (χ2n) is 6.26. The number of rotatable bonds is 6. The minimum absolute atomic E-state index is 0.368. The Labute approximate surface area is 150 Å². The predicted molar refractivity (Wildman–Crippen MR) is 105 cm³/mol. The fraction of sp³-hybridized carbons (Fsp3) is 0.429. The summed E-state index contributed by atoms with van der Waals surface area (Å²) in [7, 11) is 0. The van der Waals surface area contributed by atoms with Crippen molar-refractivity contribution in [2.24, 2.45) is 0 Å². The summed E-state index contributed by atoms with van der Waals surface area (Å²) in [6, 6.07) is 20.3. The molecular formula is C21H28N2S. The van der Waals surface area contributed by atoms with E-state index in [2.05, 4.69) is 78.2 Å². The number of hydrogen-bond acceptors (Lipinski definition) is 3. The number of likely N-dealkylation sites (N-methyl/N-ethyl adjacent to an activating group) is 1. The van der Waals surface area contributed by atoms with Crippen molar-refractivity contribution in [3.8, 4) is 0 Å². The van der Waals surface area contributed by atoms with Crippen LogP contribution in [0.4, 0.5) is 0 Å². The van der Waals surface area contributed by atoms with Crippen LogP contribution in [0.5, 0.6) is 0 Å². The van der Waals surface area contributed by atoms with E-state index in [1.165, 1.54) is 21.8 Å². The normalized spacial score (nSPS) is 18.4. The molecule has 0 N–H and O–H groups in total. The number of hydrogen-bond donors (Lipinski definition) is 0. The Kier molecular flexibility index (Phi) is 6.36. The van der Waals surface area contributed by atoms with Crippen molar-refractivity contribution in [3.63, 3.8) is 0 Å². The summed E-state index contributed by atoms with van der Waals surface area (Å²) >= 11 is 2.00. The third kappa shape index (κ3) is 4.02. The van der Waals surface area contributed by atoms with Crippen LogP contribution in [0.15, 0.2) is 59.5 Å². The Bertz CT molecular complexity index is 625. The fourth-order valence-electron chi connectivity index (χ4n) is 3.51. The smallest absolute Gasteiger partial charge is 0.0613 e. The first-order valence-corrected chi connectivity index (χ1v) is 10.0. The van der Waals surface area contributed by atoms with E-state index in [0.29, 0.717) is 6.04 Å². The largest absolute Gasteiger partial charge is 0.303 e. The van der Waals surface area contributed by atoms with Gasteiger partial charge in [0.05, 0.1) is 6.04 Å². The molecule has 24 heavy (non-hydrogen) atoms. The lowest BCUT2D eigenvalue weighted by Crippen LogP contribution is -2.38. The molecule has 0 spiro atoms. The molecule has 0 fully saturated rings. The van der Waals surface area contributed by atoms with Gasteiger partial charge in [-0.3, -0.25) is 4.90 Å². The SMILES string of the molecule is CCN(CC)CCN1CCSc2ccccc2C1c1ccccc1. The first-order valence-electron chi connectivity index (χ1n) is 9.06. The minimum Gasteiger partial charge on any atom is -0.303 e. The Hall–Kier alpha value is -1.29. The number of thioether (sulfide) groups is 1. The summed E-state index contributed by atoms with van der Waals surface area (Å²) < 4.78 is 0. The summed E-state index contributed by atoms with van der Waals surface area (Å²) in [5, 5.41) is 0. The summed E-state index contributed by atoms with van der Waals surface area (Å²) in [6.45, 7) is 10.2. The average Bonchev–Trinajstić information content (AvgIpc) is 2.82. The highest BCUT2D eigenvalue weighted by Gasteiger charge is 2.27. The van der Waals surface area contributed by atoms with Crippen molar-refractivity contribution >= 4 is 11.8 Å². The zero-order valence-corrected chi connectivity index (χ0v) is 15.6. The van der Waals surface area contributed by atoms with E-state index >= 15 is 0 Å². The van der Waals surface area contributed by atoms with Gasteiger partial charge in [0.1, 0.15) is 0 Å². The molecule has 1 unspecified atom stereocenters. The zero-order valence-electron chi connectivity index (χ0n) is 14.8. The highest BCUT2D eigenvalue weighted by atomic mass is 32.2. The molecule has 2 aromatic carbocycles. The molecular weight excluding hydrogens is 312 g/mol. The van der Waals surface area contributed by atoms with Crippen LogP contribution in [0, 0.1) is 0 Å². The first-order chi connectivity index (χ1) is 11.8. The van der Waals surface area contributed by atoms with E-state index in [4.69, 9.17) is 0 Å². The fourth-order valence-corrected chi connectivity index (χ4v) is 4.58. The minimum atomic E-state index is 0.368. The first kappa shape index (κ1) is 17.5.